The van der Waals surface area contributed by atoms with Crippen LogP contribution in [0.15, 0.2) is 42.5 Å². The molecule has 22 heavy (non-hydrogen) atoms. The van der Waals surface area contributed by atoms with Crippen molar-refractivity contribution in [3.05, 3.63) is 53.1 Å². The van der Waals surface area contributed by atoms with Gasteiger partial charge in [-0.1, -0.05) is 23.7 Å². The van der Waals surface area contributed by atoms with Crippen LogP contribution in [0.3, 0.4) is 0 Å². The van der Waals surface area contributed by atoms with Gasteiger partial charge in [0, 0.05) is 11.6 Å². The highest BCUT2D eigenvalue weighted by Crippen LogP contribution is 2.25. The molecule has 0 aliphatic carbocycles. The van der Waals surface area contributed by atoms with Gasteiger partial charge in [-0.2, -0.15) is 0 Å². The lowest BCUT2D eigenvalue weighted by Crippen LogP contribution is -2.14. The van der Waals surface area contributed by atoms with Crippen molar-refractivity contribution in [3.8, 4) is 11.5 Å². The molecule has 2 aromatic rings. The van der Waals surface area contributed by atoms with E-state index in [4.69, 9.17) is 21.1 Å². The maximum Gasteiger partial charge on any atom is 0.142 e. The predicted molar refractivity (Wildman–Crippen MR) is 92.4 cm³/mol. The molecule has 1 N–H and O–H groups in total. The first kappa shape index (κ1) is 16.5. The van der Waals surface area contributed by atoms with E-state index in [1.165, 1.54) is 0 Å². The summed E-state index contributed by atoms with van der Waals surface area (Å²) in [4.78, 5) is 0. The molecule has 0 fully saturated rings. The van der Waals surface area contributed by atoms with E-state index >= 15 is 0 Å². The minimum absolute atomic E-state index is 0.149. The SMILES string of the molecule is Cc1cc(Cl)ccc1OCCNc1ccccc1OC(C)C. The first-order valence-corrected chi connectivity index (χ1v) is 7.82. The monoisotopic (exact) mass is 319 g/mol. The van der Waals surface area contributed by atoms with E-state index in [1.807, 2.05) is 63.2 Å². The molecule has 118 valence electrons. The van der Waals surface area contributed by atoms with Crippen molar-refractivity contribution < 1.29 is 9.47 Å². The second kappa shape index (κ2) is 7.95. The van der Waals surface area contributed by atoms with Crippen molar-refractivity contribution in [2.24, 2.45) is 0 Å². The maximum atomic E-state index is 5.94. The molecule has 2 rings (SSSR count). The largest absolute Gasteiger partial charge is 0.491 e. The highest BCUT2D eigenvalue weighted by atomic mass is 35.5. The summed E-state index contributed by atoms with van der Waals surface area (Å²) in [5, 5.41) is 4.07. The molecule has 0 saturated carbocycles. The quantitative estimate of drug-likeness (QED) is 0.734. The molecule has 0 aromatic heterocycles. The number of aryl methyl sites for hydroxylation is 1. The zero-order valence-electron chi connectivity index (χ0n) is 13.2. The van der Waals surface area contributed by atoms with Crippen molar-refractivity contribution >= 4 is 17.3 Å². The molecule has 0 unspecified atom stereocenters. The molecule has 0 atom stereocenters. The van der Waals surface area contributed by atoms with Crippen LogP contribution >= 0.6 is 11.6 Å². The fourth-order valence-electron chi connectivity index (χ4n) is 2.09. The number of hydrogen-bond donors (Lipinski definition) is 1. The van der Waals surface area contributed by atoms with Gasteiger partial charge in [-0.15, -0.1) is 0 Å². The Morgan fingerprint density at radius 3 is 2.59 bits per heavy atom. The van der Waals surface area contributed by atoms with E-state index < -0.39 is 0 Å². The standard InChI is InChI=1S/C18H22ClNO2/c1-13(2)22-18-7-5-4-6-16(18)20-10-11-21-17-9-8-15(19)12-14(17)3/h4-9,12-13,20H,10-11H2,1-3H3. The van der Waals surface area contributed by atoms with E-state index in [0.717, 1.165) is 27.8 Å². The minimum Gasteiger partial charge on any atom is -0.491 e. The zero-order valence-corrected chi connectivity index (χ0v) is 14.0. The van der Waals surface area contributed by atoms with Crippen LogP contribution in [0.1, 0.15) is 19.4 Å². The van der Waals surface area contributed by atoms with Crippen LogP contribution in [0.4, 0.5) is 5.69 Å². The molecular formula is C18H22ClNO2. The van der Waals surface area contributed by atoms with Crippen LogP contribution in [0, 0.1) is 6.92 Å². The Kier molecular flexibility index (Phi) is 5.96. The summed E-state index contributed by atoms with van der Waals surface area (Å²) in [6.07, 6.45) is 0.149. The van der Waals surface area contributed by atoms with Crippen molar-refractivity contribution in [1.29, 1.82) is 0 Å². The Morgan fingerprint density at radius 2 is 1.86 bits per heavy atom. The highest BCUT2D eigenvalue weighted by molar-refractivity contribution is 6.30. The Labute approximate surface area is 137 Å². The summed E-state index contributed by atoms with van der Waals surface area (Å²) in [5.74, 6) is 1.72. The van der Waals surface area contributed by atoms with Gasteiger partial charge < -0.3 is 14.8 Å². The maximum absolute atomic E-state index is 5.94. The number of para-hydroxylation sites is 2. The van der Waals surface area contributed by atoms with Gasteiger partial charge in [0.2, 0.25) is 0 Å². The third kappa shape index (κ3) is 4.85. The topological polar surface area (TPSA) is 30.5 Å². The number of nitrogens with one attached hydrogen (secondary N) is 1. The van der Waals surface area contributed by atoms with E-state index in [1.54, 1.807) is 0 Å². The lowest BCUT2D eigenvalue weighted by atomic mass is 10.2. The first-order valence-electron chi connectivity index (χ1n) is 7.45. The fourth-order valence-corrected chi connectivity index (χ4v) is 2.32. The Balaban J connectivity index is 1.86. The third-order valence-electron chi connectivity index (χ3n) is 3.06. The van der Waals surface area contributed by atoms with Crippen molar-refractivity contribution in [1.82, 2.24) is 0 Å². The van der Waals surface area contributed by atoms with Crippen LogP contribution in [0.5, 0.6) is 11.5 Å². The Hall–Kier alpha value is -1.87. The van der Waals surface area contributed by atoms with Gasteiger partial charge in [0.1, 0.15) is 18.1 Å². The van der Waals surface area contributed by atoms with Gasteiger partial charge in [-0.05, 0) is 56.7 Å². The van der Waals surface area contributed by atoms with Crippen LogP contribution in [0.2, 0.25) is 5.02 Å². The summed E-state index contributed by atoms with van der Waals surface area (Å²) in [7, 11) is 0. The molecular weight excluding hydrogens is 298 g/mol. The van der Waals surface area contributed by atoms with Gasteiger partial charge in [-0.25, -0.2) is 0 Å². The van der Waals surface area contributed by atoms with E-state index in [2.05, 4.69) is 5.32 Å². The second-order valence-corrected chi connectivity index (χ2v) is 5.78. The molecule has 2 aromatic carbocycles. The summed E-state index contributed by atoms with van der Waals surface area (Å²) in [6.45, 7) is 7.28. The average Bonchev–Trinajstić information content (AvgIpc) is 2.46. The molecule has 0 saturated heterocycles. The van der Waals surface area contributed by atoms with Crippen molar-refractivity contribution in [3.63, 3.8) is 0 Å². The minimum atomic E-state index is 0.149. The number of hydrogen-bond acceptors (Lipinski definition) is 3. The molecule has 4 heteroatoms. The number of halogens is 1. The van der Waals surface area contributed by atoms with Crippen molar-refractivity contribution in [2.75, 3.05) is 18.5 Å². The fraction of sp³-hybridized carbons (Fsp3) is 0.333. The smallest absolute Gasteiger partial charge is 0.142 e. The van der Waals surface area contributed by atoms with Gasteiger partial charge >= 0.3 is 0 Å². The molecule has 0 heterocycles. The summed E-state index contributed by atoms with van der Waals surface area (Å²) in [6, 6.07) is 13.6. The summed E-state index contributed by atoms with van der Waals surface area (Å²) < 4.78 is 11.5. The molecule has 3 nitrogen and oxygen atoms in total. The normalized spacial score (nSPS) is 10.6. The van der Waals surface area contributed by atoms with E-state index in [0.29, 0.717) is 13.2 Å². The van der Waals surface area contributed by atoms with Crippen molar-refractivity contribution in [2.45, 2.75) is 26.9 Å². The van der Waals surface area contributed by atoms with Gasteiger partial charge in [-0.3, -0.25) is 0 Å². The number of benzene rings is 2. The third-order valence-corrected chi connectivity index (χ3v) is 3.30. The number of rotatable bonds is 7. The molecule has 0 bridgehead atoms. The van der Waals surface area contributed by atoms with Crippen LogP contribution < -0.4 is 14.8 Å². The molecule has 0 aliphatic heterocycles. The lowest BCUT2D eigenvalue weighted by molar-refractivity contribution is 0.243. The molecule has 0 radical (unpaired) electrons. The van der Waals surface area contributed by atoms with Gasteiger partial charge in [0.15, 0.2) is 0 Å². The number of anilines is 1. The van der Waals surface area contributed by atoms with Gasteiger partial charge in [0.25, 0.3) is 0 Å². The Morgan fingerprint density at radius 1 is 1.09 bits per heavy atom. The number of ether oxygens (including phenoxy) is 2. The van der Waals surface area contributed by atoms with Crippen LogP contribution in [0.25, 0.3) is 0 Å². The predicted octanol–water partition coefficient (Wildman–Crippen LogP) is 4.93. The van der Waals surface area contributed by atoms with E-state index in [-0.39, 0.29) is 6.10 Å². The lowest BCUT2D eigenvalue weighted by Gasteiger charge is -2.16. The summed E-state index contributed by atoms with van der Waals surface area (Å²) >= 11 is 5.94. The second-order valence-electron chi connectivity index (χ2n) is 5.35. The zero-order chi connectivity index (χ0) is 15.9. The average molecular weight is 320 g/mol. The van der Waals surface area contributed by atoms with Gasteiger partial charge in [0.05, 0.1) is 11.8 Å². The molecule has 0 spiro atoms. The molecule has 0 amide bonds. The Bertz CT molecular complexity index is 614. The highest BCUT2D eigenvalue weighted by Gasteiger charge is 2.05. The van der Waals surface area contributed by atoms with Crippen LogP contribution in [-0.2, 0) is 0 Å². The van der Waals surface area contributed by atoms with E-state index in [9.17, 15) is 0 Å². The van der Waals surface area contributed by atoms with Crippen LogP contribution in [-0.4, -0.2) is 19.3 Å². The molecule has 0 aliphatic rings. The summed E-state index contributed by atoms with van der Waals surface area (Å²) in [5.41, 5.74) is 2.02. The first-order chi connectivity index (χ1) is 10.6.